The molecule has 0 atom stereocenters. The summed E-state index contributed by atoms with van der Waals surface area (Å²) in [6.07, 6.45) is -1.60. The highest BCUT2D eigenvalue weighted by atomic mass is 32.2. The van der Waals surface area contributed by atoms with Crippen molar-refractivity contribution in [1.29, 1.82) is 0 Å². The molecule has 0 aliphatic heterocycles. The van der Waals surface area contributed by atoms with Crippen molar-refractivity contribution in [3.8, 4) is 5.75 Å². The summed E-state index contributed by atoms with van der Waals surface area (Å²) in [6.45, 7) is 0. The first-order valence-electron chi connectivity index (χ1n) is 8.25. The van der Waals surface area contributed by atoms with Crippen molar-refractivity contribution in [1.82, 2.24) is 9.97 Å². The van der Waals surface area contributed by atoms with Gasteiger partial charge >= 0.3 is 6.36 Å². The monoisotopic (exact) mass is 420 g/mol. The molecule has 0 unspecified atom stereocenters. The van der Waals surface area contributed by atoms with Gasteiger partial charge in [0.05, 0.1) is 5.56 Å². The topological polar surface area (TPSA) is 90.1 Å². The van der Waals surface area contributed by atoms with E-state index >= 15 is 0 Å². The molecule has 3 rings (SSSR count). The largest absolute Gasteiger partial charge is 0.573 e. The van der Waals surface area contributed by atoms with Gasteiger partial charge < -0.3 is 15.8 Å². The van der Waals surface area contributed by atoms with Crippen LogP contribution in [-0.2, 0) is 5.75 Å². The van der Waals surface area contributed by atoms with E-state index in [0.29, 0.717) is 27.8 Å². The molecule has 0 saturated carbocycles. The second kappa shape index (κ2) is 8.82. The maximum absolute atomic E-state index is 12.6. The summed E-state index contributed by atoms with van der Waals surface area (Å²) in [7, 11) is 0. The number of nitrogens with zero attached hydrogens (tertiary/aromatic N) is 2. The van der Waals surface area contributed by atoms with Crippen LogP contribution in [0, 0.1) is 0 Å². The molecule has 0 aliphatic rings. The molecule has 2 aromatic heterocycles. The standard InChI is InChI=1S/C19H15F3N4O2S/c20-19(21,22)28-14-5-3-13(4-6-14)26-17(27)15-2-1-8-25-18(15)29-11-12-7-9-24-16(23)10-12/h1-10H,11H2,(H2,23,24)(H,26,27). The summed E-state index contributed by atoms with van der Waals surface area (Å²) in [5.41, 5.74) is 7.26. The predicted octanol–water partition coefficient (Wildman–Crippen LogP) is 4.50. The summed E-state index contributed by atoms with van der Waals surface area (Å²) < 4.78 is 40.5. The summed E-state index contributed by atoms with van der Waals surface area (Å²) in [4.78, 5) is 20.8. The first-order valence-corrected chi connectivity index (χ1v) is 9.24. The fourth-order valence-electron chi connectivity index (χ4n) is 2.35. The number of carbonyl (C=O) groups excluding carboxylic acids is 1. The average Bonchev–Trinajstić information content (AvgIpc) is 2.67. The minimum absolute atomic E-state index is 0.325. The van der Waals surface area contributed by atoms with Crippen molar-refractivity contribution in [2.24, 2.45) is 0 Å². The molecule has 6 nitrogen and oxygen atoms in total. The number of pyridine rings is 2. The smallest absolute Gasteiger partial charge is 0.406 e. The number of hydrogen-bond acceptors (Lipinski definition) is 6. The zero-order chi connectivity index (χ0) is 20.9. The number of rotatable bonds is 6. The molecule has 0 fully saturated rings. The Hall–Kier alpha value is -3.27. The van der Waals surface area contributed by atoms with Crippen LogP contribution in [0.3, 0.4) is 0 Å². The van der Waals surface area contributed by atoms with Gasteiger partial charge in [-0.2, -0.15) is 0 Å². The Balaban J connectivity index is 1.68. The molecule has 29 heavy (non-hydrogen) atoms. The zero-order valence-electron chi connectivity index (χ0n) is 14.8. The van der Waals surface area contributed by atoms with Crippen molar-refractivity contribution < 1.29 is 22.7 Å². The number of amides is 1. The Bertz CT molecular complexity index is 997. The fourth-order valence-corrected chi connectivity index (χ4v) is 3.29. The van der Waals surface area contributed by atoms with E-state index in [9.17, 15) is 18.0 Å². The lowest BCUT2D eigenvalue weighted by Gasteiger charge is -2.11. The summed E-state index contributed by atoms with van der Waals surface area (Å²) in [6, 6.07) is 11.7. The average molecular weight is 420 g/mol. The lowest BCUT2D eigenvalue weighted by Crippen LogP contribution is -2.17. The predicted molar refractivity (Wildman–Crippen MR) is 104 cm³/mol. The van der Waals surface area contributed by atoms with Crippen LogP contribution in [0.4, 0.5) is 24.7 Å². The molecule has 0 bridgehead atoms. The van der Waals surface area contributed by atoms with E-state index in [4.69, 9.17) is 5.73 Å². The minimum Gasteiger partial charge on any atom is -0.406 e. The van der Waals surface area contributed by atoms with Crippen LogP contribution in [-0.4, -0.2) is 22.2 Å². The van der Waals surface area contributed by atoms with Gasteiger partial charge in [0.25, 0.3) is 5.91 Å². The number of hydrogen-bond donors (Lipinski definition) is 2. The fraction of sp³-hybridized carbons (Fsp3) is 0.105. The third kappa shape index (κ3) is 6.11. The van der Waals surface area contributed by atoms with E-state index in [-0.39, 0.29) is 5.75 Å². The Labute approximate surface area is 168 Å². The van der Waals surface area contributed by atoms with Crippen LogP contribution < -0.4 is 15.8 Å². The highest BCUT2D eigenvalue weighted by Crippen LogP contribution is 2.27. The molecule has 0 radical (unpaired) electrons. The second-order valence-electron chi connectivity index (χ2n) is 5.76. The second-order valence-corrected chi connectivity index (χ2v) is 6.72. The van der Waals surface area contributed by atoms with Gasteiger partial charge in [-0.05, 0) is 54.1 Å². The van der Waals surface area contributed by atoms with Crippen LogP contribution in [0.25, 0.3) is 0 Å². The maximum atomic E-state index is 12.6. The quantitative estimate of drug-likeness (QED) is 0.571. The Morgan fingerprint density at radius 3 is 2.55 bits per heavy atom. The molecule has 3 aromatic rings. The summed E-state index contributed by atoms with van der Waals surface area (Å²) >= 11 is 1.36. The van der Waals surface area contributed by atoms with Crippen LogP contribution in [0.5, 0.6) is 5.75 Å². The van der Waals surface area contributed by atoms with Crippen LogP contribution in [0.15, 0.2) is 66.0 Å². The molecule has 2 heterocycles. The number of halogens is 3. The van der Waals surface area contributed by atoms with Gasteiger partial charge in [-0.15, -0.1) is 24.9 Å². The highest BCUT2D eigenvalue weighted by Gasteiger charge is 2.31. The van der Waals surface area contributed by atoms with Gasteiger partial charge in [0, 0.05) is 23.8 Å². The van der Waals surface area contributed by atoms with E-state index in [1.54, 1.807) is 30.6 Å². The molecule has 1 aromatic carbocycles. The van der Waals surface area contributed by atoms with Crippen molar-refractivity contribution in [3.63, 3.8) is 0 Å². The number of nitrogen functional groups attached to an aromatic ring is 1. The van der Waals surface area contributed by atoms with Gasteiger partial charge in [0.1, 0.15) is 16.6 Å². The molecule has 0 spiro atoms. The molecular formula is C19H15F3N4O2S. The number of carbonyl (C=O) groups is 1. The molecule has 0 saturated heterocycles. The zero-order valence-corrected chi connectivity index (χ0v) is 15.6. The number of thioether (sulfide) groups is 1. The van der Waals surface area contributed by atoms with Crippen LogP contribution in [0.2, 0.25) is 0 Å². The van der Waals surface area contributed by atoms with Crippen molar-refractivity contribution in [3.05, 3.63) is 72.1 Å². The number of nitrogens with one attached hydrogen (secondary N) is 1. The highest BCUT2D eigenvalue weighted by molar-refractivity contribution is 7.98. The number of anilines is 2. The first kappa shape index (κ1) is 20.5. The maximum Gasteiger partial charge on any atom is 0.573 e. The molecule has 150 valence electrons. The van der Waals surface area contributed by atoms with Crippen LogP contribution >= 0.6 is 11.8 Å². The number of aromatic nitrogens is 2. The Kier molecular flexibility index (Phi) is 6.23. The van der Waals surface area contributed by atoms with E-state index in [2.05, 4.69) is 20.0 Å². The van der Waals surface area contributed by atoms with E-state index < -0.39 is 12.3 Å². The Morgan fingerprint density at radius 2 is 1.86 bits per heavy atom. The SMILES string of the molecule is Nc1cc(CSc2ncccc2C(=O)Nc2ccc(OC(F)(F)F)cc2)ccn1. The lowest BCUT2D eigenvalue weighted by atomic mass is 10.2. The lowest BCUT2D eigenvalue weighted by molar-refractivity contribution is -0.274. The molecule has 10 heteroatoms. The number of benzene rings is 1. The van der Waals surface area contributed by atoms with Gasteiger partial charge in [-0.1, -0.05) is 0 Å². The molecule has 3 N–H and O–H groups in total. The molecular weight excluding hydrogens is 405 g/mol. The minimum atomic E-state index is -4.77. The number of ether oxygens (including phenoxy) is 1. The van der Waals surface area contributed by atoms with E-state index in [0.717, 1.165) is 17.7 Å². The van der Waals surface area contributed by atoms with Crippen molar-refractivity contribution in [2.75, 3.05) is 11.1 Å². The summed E-state index contributed by atoms with van der Waals surface area (Å²) in [5, 5.41) is 3.15. The van der Waals surface area contributed by atoms with Gasteiger partial charge in [0.2, 0.25) is 0 Å². The van der Waals surface area contributed by atoms with Crippen molar-refractivity contribution >= 4 is 29.2 Å². The summed E-state index contributed by atoms with van der Waals surface area (Å²) in [5.74, 6) is 0.136. The van der Waals surface area contributed by atoms with Crippen molar-refractivity contribution in [2.45, 2.75) is 17.1 Å². The number of alkyl halides is 3. The van der Waals surface area contributed by atoms with E-state index in [1.807, 2.05) is 6.07 Å². The number of nitrogens with two attached hydrogens (primary N) is 1. The molecule has 0 aliphatic carbocycles. The first-order chi connectivity index (χ1) is 13.8. The normalized spacial score (nSPS) is 11.1. The van der Waals surface area contributed by atoms with Gasteiger partial charge in [0.15, 0.2) is 0 Å². The third-order valence-corrected chi connectivity index (χ3v) is 4.66. The van der Waals surface area contributed by atoms with Crippen LogP contribution in [0.1, 0.15) is 15.9 Å². The van der Waals surface area contributed by atoms with Gasteiger partial charge in [-0.25, -0.2) is 9.97 Å². The molecule has 1 amide bonds. The van der Waals surface area contributed by atoms with Gasteiger partial charge in [-0.3, -0.25) is 4.79 Å². The van der Waals surface area contributed by atoms with E-state index in [1.165, 1.54) is 23.9 Å². The Morgan fingerprint density at radius 1 is 1.10 bits per heavy atom. The third-order valence-electron chi connectivity index (χ3n) is 3.58.